The molecule has 1 aromatic carbocycles. The van der Waals surface area contributed by atoms with E-state index in [-0.39, 0.29) is 5.82 Å². The molecule has 2 rings (SSSR count). The van der Waals surface area contributed by atoms with Gasteiger partial charge in [-0.15, -0.1) is 0 Å². The van der Waals surface area contributed by atoms with Gasteiger partial charge in [0, 0.05) is 18.7 Å². The summed E-state index contributed by atoms with van der Waals surface area (Å²) < 4.78 is 14.7. The van der Waals surface area contributed by atoms with E-state index in [1.807, 2.05) is 6.07 Å². The molecular formula is C12H10FN3. The van der Waals surface area contributed by atoms with Crippen molar-refractivity contribution in [1.29, 1.82) is 5.26 Å². The van der Waals surface area contributed by atoms with Gasteiger partial charge in [0.1, 0.15) is 11.9 Å². The van der Waals surface area contributed by atoms with E-state index in [9.17, 15) is 4.39 Å². The van der Waals surface area contributed by atoms with E-state index in [2.05, 4.69) is 5.10 Å². The SMILES string of the molecule is Cc1cc(-c2cc(C#N)nn2C)ccc1F. The van der Waals surface area contributed by atoms with Crippen molar-refractivity contribution in [3.63, 3.8) is 0 Å². The summed E-state index contributed by atoms with van der Waals surface area (Å²) in [6.07, 6.45) is 0. The van der Waals surface area contributed by atoms with E-state index in [1.165, 1.54) is 6.07 Å². The van der Waals surface area contributed by atoms with Gasteiger partial charge in [0.2, 0.25) is 0 Å². The molecule has 0 amide bonds. The maximum absolute atomic E-state index is 13.1. The highest BCUT2D eigenvalue weighted by atomic mass is 19.1. The van der Waals surface area contributed by atoms with Gasteiger partial charge < -0.3 is 0 Å². The Labute approximate surface area is 92.7 Å². The molecule has 1 heterocycles. The first kappa shape index (κ1) is 10.4. The van der Waals surface area contributed by atoms with Gasteiger partial charge in [-0.1, -0.05) is 0 Å². The van der Waals surface area contributed by atoms with Crippen molar-refractivity contribution in [1.82, 2.24) is 9.78 Å². The molecule has 0 bridgehead atoms. The molecular weight excluding hydrogens is 205 g/mol. The summed E-state index contributed by atoms with van der Waals surface area (Å²) in [5, 5.41) is 12.8. The smallest absolute Gasteiger partial charge is 0.163 e. The Morgan fingerprint density at radius 3 is 2.69 bits per heavy atom. The van der Waals surface area contributed by atoms with Crippen molar-refractivity contribution < 1.29 is 4.39 Å². The zero-order chi connectivity index (χ0) is 11.7. The first-order chi connectivity index (χ1) is 7.61. The molecule has 0 spiro atoms. The summed E-state index contributed by atoms with van der Waals surface area (Å²) in [6, 6.07) is 8.51. The number of benzene rings is 1. The second-order valence-electron chi connectivity index (χ2n) is 3.61. The molecule has 0 N–H and O–H groups in total. The van der Waals surface area contributed by atoms with Crippen molar-refractivity contribution in [3.8, 4) is 17.3 Å². The van der Waals surface area contributed by atoms with Crippen molar-refractivity contribution in [2.45, 2.75) is 6.92 Å². The Kier molecular flexibility index (Phi) is 2.45. The van der Waals surface area contributed by atoms with Gasteiger partial charge in [-0.25, -0.2) is 4.39 Å². The molecule has 1 aromatic heterocycles. The molecule has 0 unspecified atom stereocenters. The third-order valence-electron chi connectivity index (χ3n) is 2.45. The summed E-state index contributed by atoms with van der Waals surface area (Å²) in [7, 11) is 1.76. The van der Waals surface area contributed by atoms with Crippen LogP contribution in [0.15, 0.2) is 24.3 Å². The highest BCUT2D eigenvalue weighted by Gasteiger charge is 2.08. The number of nitrogens with zero attached hydrogens (tertiary/aromatic N) is 3. The largest absolute Gasteiger partial charge is 0.267 e. The minimum absolute atomic E-state index is 0.230. The molecule has 0 aliphatic carbocycles. The number of aryl methyl sites for hydroxylation is 2. The van der Waals surface area contributed by atoms with Crippen LogP contribution in [-0.2, 0) is 7.05 Å². The molecule has 2 aromatic rings. The number of hydrogen-bond donors (Lipinski definition) is 0. The van der Waals surface area contributed by atoms with Crippen LogP contribution >= 0.6 is 0 Å². The van der Waals surface area contributed by atoms with Crippen LogP contribution < -0.4 is 0 Å². The predicted molar refractivity (Wildman–Crippen MR) is 58.1 cm³/mol. The predicted octanol–water partition coefficient (Wildman–Crippen LogP) is 2.41. The monoisotopic (exact) mass is 215 g/mol. The Morgan fingerprint density at radius 1 is 1.38 bits per heavy atom. The van der Waals surface area contributed by atoms with Gasteiger partial charge in [0.05, 0.1) is 5.69 Å². The van der Waals surface area contributed by atoms with Crippen LogP contribution in [0.4, 0.5) is 4.39 Å². The minimum atomic E-state index is -0.230. The number of rotatable bonds is 1. The van der Waals surface area contributed by atoms with E-state index in [4.69, 9.17) is 5.26 Å². The quantitative estimate of drug-likeness (QED) is 0.733. The summed E-state index contributed by atoms with van der Waals surface area (Å²) in [5.41, 5.74) is 2.60. The van der Waals surface area contributed by atoms with Gasteiger partial charge in [-0.2, -0.15) is 10.4 Å². The van der Waals surface area contributed by atoms with Gasteiger partial charge in [0.25, 0.3) is 0 Å². The Balaban J connectivity index is 2.55. The van der Waals surface area contributed by atoms with Gasteiger partial charge in [-0.3, -0.25) is 4.68 Å². The maximum atomic E-state index is 13.1. The van der Waals surface area contributed by atoms with Gasteiger partial charge in [-0.05, 0) is 30.7 Å². The van der Waals surface area contributed by atoms with Crippen LogP contribution in [0.25, 0.3) is 11.3 Å². The van der Waals surface area contributed by atoms with Gasteiger partial charge in [0.15, 0.2) is 5.69 Å². The zero-order valence-electron chi connectivity index (χ0n) is 9.03. The molecule has 80 valence electrons. The van der Waals surface area contributed by atoms with Crippen molar-refractivity contribution in [2.24, 2.45) is 7.05 Å². The Hall–Kier alpha value is -2.15. The first-order valence-corrected chi connectivity index (χ1v) is 4.82. The summed E-state index contributed by atoms with van der Waals surface area (Å²) >= 11 is 0. The number of aromatic nitrogens is 2. The maximum Gasteiger partial charge on any atom is 0.163 e. The van der Waals surface area contributed by atoms with E-state index < -0.39 is 0 Å². The summed E-state index contributed by atoms with van der Waals surface area (Å²) in [4.78, 5) is 0. The average molecular weight is 215 g/mol. The Bertz CT molecular complexity index is 578. The van der Waals surface area contributed by atoms with Crippen LogP contribution in [0, 0.1) is 24.1 Å². The lowest BCUT2D eigenvalue weighted by molar-refractivity contribution is 0.618. The molecule has 4 heteroatoms. The lowest BCUT2D eigenvalue weighted by Crippen LogP contribution is -1.94. The average Bonchev–Trinajstić information content (AvgIpc) is 2.64. The highest BCUT2D eigenvalue weighted by molar-refractivity contribution is 5.61. The summed E-state index contributed by atoms with van der Waals surface area (Å²) in [5.74, 6) is -0.230. The van der Waals surface area contributed by atoms with Crippen molar-refractivity contribution in [3.05, 3.63) is 41.3 Å². The molecule has 0 saturated carbocycles. The van der Waals surface area contributed by atoms with E-state index in [0.29, 0.717) is 11.3 Å². The molecule has 0 radical (unpaired) electrons. The molecule has 0 aliphatic heterocycles. The lowest BCUT2D eigenvalue weighted by atomic mass is 10.1. The standard InChI is InChI=1S/C12H10FN3/c1-8-5-9(3-4-11(8)13)12-6-10(7-14)15-16(12)2/h3-6H,1-2H3. The molecule has 0 saturated heterocycles. The fourth-order valence-corrected chi connectivity index (χ4v) is 1.60. The second kappa shape index (κ2) is 3.78. The molecule has 16 heavy (non-hydrogen) atoms. The lowest BCUT2D eigenvalue weighted by Gasteiger charge is -2.03. The fraction of sp³-hybridized carbons (Fsp3) is 0.167. The second-order valence-corrected chi connectivity index (χ2v) is 3.61. The van der Waals surface area contributed by atoms with Crippen LogP contribution in [0.1, 0.15) is 11.3 Å². The van der Waals surface area contributed by atoms with Crippen molar-refractivity contribution in [2.75, 3.05) is 0 Å². The highest BCUT2D eigenvalue weighted by Crippen LogP contribution is 2.22. The molecule has 0 aliphatic rings. The number of hydrogen-bond acceptors (Lipinski definition) is 2. The van der Waals surface area contributed by atoms with E-state index >= 15 is 0 Å². The molecule has 0 atom stereocenters. The number of nitriles is 1. The normalized spacial score (nSPS) is 10.1. The molecule has 3 nitrogen and oxygen atoms in total. The van der Waals surface area contributed by atoms with Crippen LogP contribution in [-0.4, -0.2) is 9.78 Å². The summed E-state index contributed by atoms with van der Waals surface area (Å²) in [6.45, 7) is 1.71. The van der Waals surface area contributed by atoms with Gasteiger partial charge >= 0.3 is 0 Å². The zero-order valence-corrected chi connectivity index (χ0v) is 9.03. The first-order valence-electron chi connectivity index (χ1n) is 4.82. The van der Waals surface area contributed by atoms with Crippen LogP contribution in [0.3, 0.4) is 0 Å². The number of halogens is 1. The van der Waals surface area contributed by atoms with Crippen molar-refractivity contribution >= 4 is 0 Å². The third-order valence-corrected chi connectivity index (χ3v) is 2.45. The van der Waals surface area contributed by atoms with E-state index in [0.717, 1.165) is 11.3 Å². The molecule has 0 fully saturated rings. The topological polar surface area (TPSA) is 41.6 Å². The van der Waals surface area contributed by atoms with Crippen LogP contribution in [0.5, 0.6) is 0 Å². The third kappa shape index (κ3) is 1.68. The Morgan fingerprint density at radius 2 is 2.12 bits per heavy atom. The van der Waals surface area contributed by atoms with Crippen LogP contribution in [0.2, 0.25) is 0 Å². The fourth-order valence-electron chi connectivity index (χ4n) is 1.60. The van der Waals surface area contributed by atoms with E-state index in [1.54, 1.807) is 36.9 Å². The minimum Gasteiger partial charge on any atom is -0.267 e.